The Morgan fingerprint density at radius 1 is 1.00 bits per heavy atom. The van der Waals surface area contributed by atoms with Gasteiger partial charge in [0.25, 0.3) is 5.91 Å². The number of carbonyl (C=O) groups excluding carboxylic acids is 2. The van der Waals surface area contributed by atoms with Gasteiger partial charge in [0.05, 0.1) is 6.20 Å². The van der Waals surface area contributed by atoms with E-state index in [1.165, 1.54) is 25.7 Å². The standard InChI is InChI=1S/C32H27N5O3.W/c1-3-4-5-6-10-18-37-28-17-16-26(36(2)31(39)23-12-8-7-9-13-23)20-27(28)34-32(37)35-30(38)25-15-11-14-24(19-25)29-21-33-22-40-29;/h1,3-9,11-17,19-22H,10,18H2,2H3,(H,34,35,38);. The molecule has 0 aliphatic heterocycles. The number of aromatic nitrogens is 3. The van der Waals surface area contributed by atoms with Gasteiger partial charge in [-0.3, -0.25) is 4.79 Å². The average molecular weight is 713 g/mol. The summed E-state index contributed by atoms with van der Waals surface area (Å²) in [5.74, 6) is 0.600. The summed E-state index contributed by atoms with van der Waals surface area (Å²) in [4.78, 5) is 36.7. The summed E-state index contributed by atoms with van der Waals surface area (Å²) in [6.07, 6.45) is 11.8. The molecule has 2 amide bonds. The number of carbonyl (C=O) groups is 2. The first-order chi connectivity index (χ1) is 20.0. The Kier molecular flexibility index (Phi) is 8.91. The average Bonchev–Trinajstić information content (AvgIpc) is 3.67. The fourth-order valence-electron chi connectivity index (χ4n) is 4.37. The predicted octanol–water partition coefficient (Wildman–Crippen LogP) is 6.07. The van der Waals surface area contributed by atoms with Crippen LogP contribution in [0.25, 0.3) is 22.4 Å². The second-order valence-electron chi connectivity index (χ2n) is 9.13. The van der Waals surface area contributed by atoms with E-state index in [4.69, 9.17) is 9.40 Å². The first kappa shape index (κ1) is 27.9. The Bertz CT molecular complexity index is 1740. The molecule has 1 N–H and O–H groups in total. The third-order valence-corrected chi connectivity index (χ3v) is 7.03. The van der Waals surface area contributed by atoms with Crippen molar-refractivity contribution in [3.05, 3.63) is 121 Å². The van der Waals surface area contributed by atoms with E-state index in [1.807, 2.05) is 65.3 Å². The quantitative estimate of drug-likeness (QED) is 0.178. The van der Waals surface area contributed by atoms with Crippen molar-refractivity contribution in [2.45, 2.75) is 13.0 Å². The van der Waals surface area contributed by atoms with Gasteiger partial charge in [0, 0.05) is 18.2 Å². The minimum absolute atomic E-state index is 0.117. The summed E-state index contributed by atoms with van der Waals surface area (Å²) in [6, 6.07) is 22.0. The van der Waals surface area contributed by atoms with Crippen molar-refractivity contribution in [1.82, 2.24) is 14.5 Å². The van der Waals surface area contributed by atoms with Crippen LogP contribution in [-0.4, -0.2) is 37.8 Å². The van der Waals surface area contributed by atoms with Crippen LogP contribution in [0.3, 0.4) is 0 Å². The topological polar surface area (TPSA) is 93.3 Å². The second-order valence-corrected chi connectivity index (χ2v) is 10.1. The van der Waals surface area contributed by atoms with Gasteiger partial charge in [0.2, 0.25) is 0 Å². The van der Waals surface area contributed by atoms with Crippen LogP contribution in [0, 0.1) is 0 Å². The maximum absolute atomic E-state index is 13.3. The minimum atomic E-state index is -0.293. The van der Waals surface area contributed by atoms with Crippen molar-refractivity contribution in [3.63, 3.8) is 0 Å². The van der Waals surface area contributed by atoms with Gasteiger partial charge in [0.1, 0.15) is 0 Å². The number of benzene rings is 3. The number of aryl methyl sites for hydroxylation is 1. The number of nitrogens with one attached hydrogen (secondary N) is 1. The van der Waals surface area contributed by atoms with E-state index in [0.717, 1.165) is 17.5 Å². The van der Waals surface area contributed by atoms with E-state index in [0.29, 0.717) is 40.6 Å². The van der Waals surface area contributed by atoms with Crippen molar-refractivity contribution in [2.75, 3.05) is 17.3 Å². The SMILES string of the molecule is CN(C(=O)c1ccccc1)c1ccc2c(c1)nc(NC(=O)c1cccc(-c3cnco3)c1)n2CCC=CC=C[CH]=[W]. The van der Waals surface area contributed by atoms with Gasteiger partial charge >= 0.3 is 133 Å². The number of fused-ring (bicyclic) bond motifs is 1. The molecule has 41 heavy (non-hydrogen) atoms. The van der Waals surface area contributed by atoms with Gasteiger partial charge in [-0.05, 0) is 24.3 Å². The molecular weight excluding hydrogens is 686 g/mol. The molecule has 0 spiro atoms. The van der Waals surface area contributed by atoms with Gasteiger partial charge in [-0.15, -0.1) is 0 Å². The van der Waals surface area contributed by atoms with E-state index >= 15 is 0 Å². The molecule has 0 aliphatic carbocycles. The summed E-state index contributed by atoms with van der Waals surface area (Å²) in [5.41, 5.74) is 4.06. The molecule has 8 nitrogen and oxygen atoms in total. The monoisotopic (exact) mass is 713 g/mol. The summed E-state index contributed by atoms with van der Waals surface area (Å²) < 4.78 is 9.43. The molecule has 0 atom stereocenters. The number of oxazole rings is 1. The number of allylic oxidation sites excluding steroid dienone is 4. The van der Waals surface area contributed by atoms with Crippen LogP contribution in [0.15, 0.2) is 114 Å². The van der Waals surface area contributed by atoms with Crippen molar-refractivity contribution < 1.29 is 33.4 Å². The van der Waals surface area contributed by atoms with E-state index < -0.39 is 0 Å². The molecule has 0 aliphatic rings. The molecule has 2 heterocycles. The van der Waals surface area contributed by atoms with Crippen LogP contribution in [-0.2, 0) is 25.9 Å². The molecule has 0 bridgehead atoms. The van der Waals surface area contributed by atoms with Gasteiger partial charge in [-0.25, -0.2) is 4.98 Å². The fourth-order valence-corrected chi connectivity index (χ4v) is 4.70. The van der Waals surface area contributed by atoms with Crippen molar-refractivity contribution in [1.29, 1.82) is 0 Å². The number of amides is 2. The molecule has 0 saturated heterocycles. The van der Waals surface area contributed by atoms with Crippen molar-refractivity contribution in [3.8, 4) is 11.3 Å². The molecule has 0 unspecified atom stereocenters. The van der Waals surface area contributed by atoms with Crippen LogP contribution in [0.2, 0.25) is 0 Å². The third-order valence-electron chi connectivity index (χ3n) is 6.47. The van der Waals surface area contributed by atoms with Crippen molar-refractivity contribution in [2.24, 2.45) is 0 Å². The maximum atomic E-state index is 13.3. The first-order valence-electron chi connectivity index (χ1n) is 13.0. The number of anilines is 2. The molecule has 0 fully saturated rings. The van der Waals surface area contributed by atoms with Crippen LogP contribution in [0.1, 0.15) is 27.1 Å². The molecule has 3 aromatic carbocycles. The van der Waals surface area contributed by atoms with E-state index in [2.05, 4.69) is 20.8 Å². The number of hydrogen-bond donors (Lipinski definition) is 1. The molecule has 9 heteroatoms. The summed E-state index contributed by atoms with van der Waals surface area (Å²) in [7, 11) is 1.74. The Labute approximate surface area is 248 Å². The van der Waals surface area contributed by atoms with Crippen LogP contribution in [0.5, 0.6) is 0 Å². The van der Waals surface area contributed by atoms with Gasteiger partial charge < -0.3 is 9.32 Å². The number of nitrogens with zero attached hydrogens (tertiary/aromatic N) is 4. The predicted molar refractivity (Wildman–Crippen MR) is 158 cm³/mol. The summed E-state index contributed by atoms with van der Waals surface area (Å²) in [5, 5.41) is 2.99. The van der Waals surface area contributed by atoms with Crippen LogP contribution < -0.4 is 10.2 Å². The van der Waals surface area contributed by atoms with Gasteiger partial charge in [0.15, 0.2) is 12.2 Å². The van der Waals surface area contributed by atoms with Gasteiger partial charge in [-0.1, -0.05) is 30.3 Å². The fraction of sp³-hybridized carbons (Fsp3) is 0.0938. The number of imidazole rings is 1. The van der Waals surface area contributed by atoms with E-state index in [1.54, 1.807) is 48.5 Å². The van der Waals surface area contributed by atoms with Crippen LogP contribution in [0.4, 0.5) is 11.6 Å². The second kappa shape index (κ2) is 13.1. The zero-order valence-electron chi connectivity index (χ0n) is 22.3. The Hall–Kier alpha value is -4.68. The van der Waals surface area contributed by atoms with Crippen molar-refractivity contribution >= 4 is 38.9 Å². The normalized spacial score (nSPS) is 11.3. The summed E-state index contributed by atoms with van der Waals surface area (Å²) >= 11 is 1.40. The molecular formula is C32H27N5O3W. The zero-order chi connectivity index (χ0) is 28.6. The van der Waals surface area contributed by atoms with E-state index in [-0.39, 0.29) is 11.8 Å². The molecule has 0 radical (unpaired) electrons. The molecule has 0 saturated carbocycles. The van der Waals surface area contributed by atoms with E-state index in [9.17, 15) is 9.59 Å². The zero-order valence-corrected chi connectivity index (χ0v) is 25.2. The molecule has 204 valence electrons. The molecule has 5 rings (SSSR count). The molecule has 2 aromatic heterocycles. The Morgan fingerprint density at radius 3 is 2.61 bits per heavy atom. The molecule has 5 aromatic rings. The third kappa shape index (κ3) is 6.56. The Balaban J connectivity index is 1.45. The summed E-state index contributed by atoms with van der Waals surface area (Å²) in [6.45, 7) is 0.605. The van der Waals surface area contributed by atoms with Gasteiger partial charge in [-0.2, -0.15) is 0 Å². The Morgan fingerprint density at radius 2 is 1.83 bits per heavy atom. The van der Waals surface area contributed by atoms with Crippen LogP contribution >= 0.6 is 0 Å². The first-order valence-corrected chi connectivity index (χ1v) is 14.6. The number of rotatable bonds is 10. The number of hydrogen-bond acceptors (Lipinski definition) is 5.